The molecule has 1 atom stereocenters. The first-order valence-corrected chi connectivity index (χ1v) is 8.42. The predicted octanol–water partition coefficient (Wildman–Crippen LogP) is 2.94. The lowest BCUT2D eigenvalue weighted by Crippen LogP contribution is -2.38. The Labute approximate surface area is 129 Å². The van der Waals surface area contributed by atoms with Gasteiger partial charge >= 0.3 is 5.97 Å². The average molecular weight is 309 g/mol. The first kappa shape index (κ1) is 16.0. The molecular formula is C16H23NO3S. The van der Waals surface area contributed by atoms with Gasteiger partial charge in [0.2, 0.25) is 0 Å². The number of hydrogen-bond acceptors (Lipinski definition) is 4. The van der Waals surface area contributed by atoms with Gasteiger partial charge in [-0.1, -0.05) is 13.8 Å². The van der Waals surface area contributed by atoms with Crippen molar-refractivity contribution < 1.29 is 14.3 Å². The van der Waals surface area contributed by atoms with Crippen molar-refractivity contribution in [3.05, 3.63) is 21.4 Å². The van der Waals surface area contributed by atoms with Gasteiger partial charge < -0.3 is 10.1 Å². The molecule has 1 N–H and O–H groups in total. The molecule has 5 heteroatoms. The molecule has 0 saturated heterocycles. The molecule has 1 aliphatic rings. The van der Waals surface area contributed by atoms with Crippen LogP contribution < -0.4 is 5.32 Å². The summed E-state index contributed by atoms with van der Waals surface area (Å²) in [5, 5.41) is 4.70. The second-order valence-electron chi connectivity index (χ2n) is 5.93. The van der Waals surface area contributed by atoms with Gasteiger partial charge in [0.1, 0.15) is 0 Å². The summed E-state index contributed by atoms with van der Waals surface area (Å²) >= 11 is 1.63. The van der Waals surface area contributed by atoms with E-state index in [0.717, 1.165) is 24.8 Å². The van der Waals surface area contributed by atoms with Gasteiger partial charge in [0.05, 0.1) is 5.56 Å². The third-order valence-corrected chi connectivity index (χ3v) is 5.09. The van der Waals surface area contributed by atoms with Gasteiger partial charge in [-0.05, 0) is 44.1 Å². The van der Waals surface area contributed by atoms with Crippen LogP contribution in [0.1, 0.15) is 54.4 Å². The van der Waals surface area contributed by atoms with Gasteiger partial charge in [-0.2, -0.15) is 0 Å². The molecule has 1 heterocycles. The van der Waals surface area contributed by atoms with Gasteiger partial charge in [-0.15, -0.1) is 11.3 Å². The van der Waals surface area contributed by atoms with E-state index in [1.807, 2.05) is 26.2 Å². The van der Waals surface area contributed by atoms with Crippen molar-refractivity contribution in [1.82, 2.24) is 5.32 Å². The van der Waals surface area contributed by atoms with Gasteiger partial charge in [-0.25, -0.2) is 4.79 Å². The summed E-state index contributed by atoms with van der Waals surface area (Å²) in [6, 6.07) is 0.0742. The summed E-state index contributed by atoms with van der Waals surface area (Å²) in [7, 11) is 0. The number of aryl methyl sites for hydroxylation is 1. The maximum absolute atomic E-state index is 12.1. The van der Waals surface area contributed by atoms with E-state index < -0.39 is 0 Å². The zero-order valence-electron chi connectivity index (χ0n) is 12.9. The van der Waals surface area contributed by atoms with E-state index in [2.05, 4.69) is 5.32 Å². The minimum atomic E-state index is -0.373. The van der Waals surface area contributed by atoms with Gasteiger partial charge in [-0.3, -0.25) is 4.79 Å². The zero-order chi connectivity index (χ0) is 15.4. The average Bonchev–Trinajstić information content (AvgIpc) is 2.88. The molecule has 1 aliphatic carbocycles. The number of esters is 1. The van der Waals surface area contributed by atoms with E-state index in [-0.39, 0.29) is 24.5 Å². The Bertz CT molecular complexity index is 522. The molecule has 1 amide bonds. The summed E-state index contributed by atoms with van der Waals surface area (Å²) in [6.07, 6.45) is 4.31. The molecule has 0 unspecified atom stereocenters. The summed E-state index contributed by atoms with van der Waals surface area (Å²) in [5.74, 6) is -0.260. The molecule has 4 nitrogen and oxygen atoms in total. The molecule has 0 bridgehead atoms. The fourth-order valence-electron chi connectivity index (χ4n) is 2.34. The highest BCUT2D eigenvalue weighted by molar-refractivity contribution is 7.10. The SMILES string of the molecule is CC(C)[C@@H](C)NC(=O)COC(=O)c1csc2c1CCCC2. The highest BCUT2D eigenvalue weighted by Crippen LogP contribution is 2.30. The fourth-order valence-corrected chi connectivity index (χ4v) is 3.45. The molecule has 0 saturated carbocycles. The van der Waals surface area contributed by atoms with Crippen LogP contribution >= 0.6 is 11.3 Å². The summed E-state index contributed by atoms with van der Waals surface area (Å²) < 4.78 is 5.15. The topological polar surface area (TPSA) is 55.4 Å². The smallest absolute Gasteiger partial charge is 0.339 e. The van der Waals surface area contributed by atoms with E-state index in [9.17, 15) is 9.59 Å². The maximum atomic E-state index is 12.1. The van der Waals surface area contributed by atoms with Gasteiger partial charge in [0.25, 0.3) is 5.91 Å². The summed E-state index contributed by atoms with van der Waals surface area (Å²) in [5.41, 5.74) is 1.78. The van der Waals surface area contributed by atoms with Crippen LogP contribution in [0.15, 0.2) is 5.38 Å². The highest BCUT2D eigenvalue weighted by Gasteiger charge is 2.22. The van der Waals surface area contributed by atoms with Gasteiger partial charge in [0, 0.05) is 16.3 Å². The second-order valence-corrected chi connectivity index (χ2v) is 6.90. The number of rotatable bonds is 5. The minimum absolute atomic E-state index is 0.0742. The first-order valence-electron chi connectivity index (χ1n) is 7.54. The van der Waals surface area contributed by atoms with Crippen molar-refractivity contribution in [2.24, 2.45) is 5.92 Å². The predicted molar refractivity (Wildman–Crippen MR) is 83.7 cm³/mol. The Kier molecular flexibility index (Phi) is 5.39. The van der Waals surface area contributed by atoms with E-state index in [1.165, 1.54) is 11.3 Å². The van der Waals surface area contributed by atoms with Crippen molar-refractivity contribution in [2.75, 3.05) is 6.61 Å². The number of carbonyl (C=O) groups is 2. The molecule has 0 spiro atoms. The Hall–Kier alpha value is -1.36. The lowest BCUT2D eigenvalue weighted by atomic mass is 9.96. The molecule has 21 heavy (non-hydrogen) atoms. The van der Waals surface area contributed by atoms with Crippen LogP contribution in [-0.4, -0.2) is 24.5 Å². The number of thiophene rings is 1. The molecule has 2 rings (SSSR count). The van der Waals surface area contributed by atoms with Crippen LogP contribution in [-0.2, 0) is 22.4 Å². The van der Waals surface area contributed by atoms with Crippen molar-refractivity contribution in [2.45, 2.75) is 52.5 Å². The number of hydrogen-bond donors (Lipinski definition) is 1. The number of amides is 1. The standard InChI is InChI=1S/C16H23NO3S/c1-10(2)11(3)17-15(18)8-20-16(19)13-9-21-14-7-5-4-6-12(13)14/h9-11H,4-8H2,1-3H3,(H,17,18)/t11-/m1/s1. The largest absolute Gasteiger partial charge is 0.452 e. The Morgan fingerprint density at radius 2 is 2.00 bits per heavy atom. The maximum Gasteiger partial charge on any atom is 0.339 e. The van der Waals surface area contributed by atoms with Crippen molar-refractivity contribution in [3.63, 3.8) is 0 Å². The highest BCUT2D eigenvalue weighted by atomic mass is 32.1. The number of fused-ring (bicyclic) bond motifs is 1. The van der Waals surface area contributed by atoms with Crippen LogP contribution in [0.5, 0.6) is 0 Å². The Morgan fingerprint density at radius 3 is 2.71 bits per heavy atom. The fraction of sp³-hybridized carbons (Fsp3) is 0.625. The Morgan fingerprint density at radius 1 is 1.29 bits per heavy atom. The third kappa shape index (κ3) is 4.06. The molecule has 116 valence electrons. The van der Waals surface area contributed by atoms with Crippen molar-refractivity contribution >= 4 is 23.2 Å². The third-order valence-electron chi connectivity index (χ3n) is 4.00. The van der Waals surface area contributed by atoms with Crippen LogP contribution in [0.2, 0.25) is 0 Å². The van der Waals surface area contributed by atoms with Crippen molar-refractivity contribution in [3.8, 4) is 0 Å². The van der Waals surface area contributed by atoms with E-state index >= 15 is 0 Å². The molecule has 1 aromatic heterocycles. The molecular weight excluding hydrogens is 286 g/mol. The Balaban J connectivity index is 1.87. The lowest BCUT2D eigenvalue weighted by Gasteiger charge is -2.17. The van der Waals surface area contributed by atoms with E-state index in [4.69, 9.17) is 4.74 Å². The summed E-state index contributed by atoms with van der Waals surface area (Å²) in [4.78, 5) is 25.1. The molecule has 0 radical (unpaired) electrons. The van der Waals surface area contributed by atoms with Crippen LogP contribution in [0.4, 0.5) is 0 Å². The minimum Gasteiger partial charge on any atom is -0.452 e. The first-order chi connectivity index (χ1) is 9.99. The summed E-state index contributed by atoms with van der Waals surface area (Å²) in [6.45, 7) is 5.81. The van der Waals surface area contributed by atoms with Crippen LogP contribution in [0.25, 0.3) is 0 Å². The van der Waals surface area contributed by atoms with Gasteiger partial charge in [0.15, 0.2) is 6.61 Å². The lowest BCUT2D eigenvalue weighted by molar-refractivity contribution is -0.125. The molecule has 0 aromatic carbocycles. The quantitative estimate of drug-likeness (QED) is 0.851. The van der Waals surface area contributed by atoms with Crippen molar-refractivity contribution in [1.29, 1.82) is 0 Å². The van der Waals surface area contributed by atoms with Crippen LogP contribution in [0.3, 0.4) is 0 Å². The number of ether oxygens (including phenoxy) is 1. The number of nitrogens with one attached hydrogen (secondary N) is 1. The molecule has 0 aliphatic heterocycles. The molecule has 0 fully saturated rings. The van der Waals surface area contributed by atoms with E-state index in [0.29, 0.717) is 11.5 Å². The van der Waals surface area contributed by atoms with Crippen LogP contribution in [0, 0.1) is 5.92 Å². The molecule has 1 aromatic rings. The normalized spacial score (nSPS) is 15.4. The number of carbonyl (C=O) groups excluding carboxylic acids is 2. The second kappa shape index (κ2) is 7.07. The zero-order valence-corrected chi connectivity index (χ0v) is 13.7. The monoisotopic (exact) mass is 309 g/mol. The van der Waals surface area contributed by atoms with E-state index in [1.54, 1.807) is 11.3 Å².